The molecule has 3 N–H and O–H groups in total. The van der Waals surface area contributed by atoms with E-state index >= 15 is 0 Å². The van der Waals surface area contributed by atoms with Crippen LogP contribution in [-0.2, 0) is 14.3 Å². The molecule has 1 heterocycles. The molecule has 0 spiro atoms. The van der Waals surface area contributed by atoms with Crippen LogP contribution in [0.2, 0.25) is 0 Å². The van der Waals surface area contributed by atoms with Crippen LogP contribution in [0.4, 0.5) is 14.5 Å². The molecule has 10 heteroatoms. The van der Waals surface area contributed by atoms with Crippen molar-refractivity contribution < 1.29 is 27.8 Å². The second-order valence-corrected chi connectivity index (χ2v) is 11.0. The third-order valence-corrected chi connectivity index (χ3v) is 5.32. The second kappa shape index (κ2) is 11.0. The molecule has 1 unspecified atom stereocenters. The summed E-state index contributed by atoms with van der Waals surface area (Å²) in [5, 5.41) is 6.74. The number of hydrogen-bond donors (Lipinski definition) is 3. The Hall–Kier alpha value is -3.24. The van der Waals surface area contributed by atoms with E-state index in [0.29, 0.717) is 28.0 Å². The van der Waals surface area contributed by atoms with Crippen molar-refractivity contribution in [1.29, 1.82) is 0 Å². The van der Waals surface area contributed by atoms with Crippen LogP contribution >= 0.6 is 12.2 Å². The number of ether oxygens (including phenoxy) is 3. The van der Waals surface area contributed by atoms with E-state index in [1.54, 1.807) is 45.0 Å². The highest BCUT2D eigenvalue weighted by molar-refractivity contribution is 7.80. The number of fused-ring (bicyclic) bond motifs is 1. The van der Waals surface area contributed by atoms with Crippen molar-refractivity contribution in [3.8, 4) is 17.0 Å². The lowest BCUT2D eigenvalue weighted by Gasteiger charge is -2.28. The number of carbonyl (C=O) groups is 1. The van der Waals surface area contributed by atoms with Crippen LogP contribution in [0.1, 0.15) is 41.5 Å². The summed E-state index contributed by atoms with van der Waals surface area (Å²) in [6, 6.07) is 8.45. The van der Waals surface area contributed by atoms with Gasteiger partial charge in [-0.25, -0.2) is 13.6 Å². The molecule has 0 bridgehead atoms. The number of rotatable bonds is 7. The van der Waals surface area contributed by atoms with E-state index in [4.69, 9.17) is 26.4 Å². The van der Waals surface area contributed by atoms with Crippen molar-refractivity contribution in [2.24, 2.45) is 0 Å². The van der Waals surface area contributed by atoms with Crippen molar-refractivity contribution in [2.45, 2.75) is 58.8 Å². The zero-order valence-electron chi connectivity index (χ0n) is 22.0. The SMILES string of the molecule is COc1ccc(-c2cc3cc(F)c(F)cc3[nH]2)cc1NC(=S)NC(COC(C)(C)C)C(=O)OC(C)(C)C. The van der Waals surface area contributed by atoms with E-state index in [0.717, 1.165) is 17.7 Å². The lowest BCUT2D eigenvalue weighted by atomic mass is 10.1. The van der Waals surface area contributed by atoms with Gasteiger partial charge in [0.25, 0.3) is 0 Å². The molecule has 0 radical (unpaired) electrons. The Labute approximate surface area is 220 Å². The van der Waals surface area contributed by atoms with Crippen LogP contribution in [0.5, 0.6) is 5.75 Å². The van der Waals surface area contributed by atoms with Crippen LogP contribution in [-0.4, -0.2) is 47.0 Å². The number of aromatic nitrogens is 1. The number of methoxy groups -OCH3 is 1. The lowest BCUT2D eigenvalue weighted by molar-refractivity contribution is -0.159. The summed E-state index contributed by atoms with van der Waals surface area (Å²) in [5.41, 5.74) is 1.21. The highest BCUT2D eigenvalue weighted by Gasteiger charge is 2.28. The van der Waals surface area contributed by atoms with Gasteiger partial charge in [0.05, 0.1) is 25.0 Å². The smallest absolute Gasteiger partial charge is 0.331 e. The van der Waals surface area contributed by atoms with Gasteiger partial charge in [-0.2, -0.15) is 0 Å². The number of carbonyl (C=O) groups excluding carboxylic acids is 1. The van der Waals surface area contributed by atoms with E-state index in [1.807, 2.05) is 20.8 Å². The standard InChI is InChI=1S/C27H33F2N3O4S/c1-26(2,3)35-14-22(24(33)36-27(4,5)6)32-25(37)31-21-11-15(8-9-23(21)34-7)19-12-16-10-17(28)18(29)13-20(16)30-19/h8-13,22,30H,14H2,1-7H3,(H2,31,32,37). The molecule has 2 aromatic carbocycles. The molecule has 7 nitrogen and oxygen atoms in total. The van der Waals surface area contributed by atoms with Gasteiger partial charge in [0.15, 0.2) is 16.7 Å². The third-order valence-electron chi connectivity index (χ3n) is 5.10. The number of esters is 1. The minimum Gasteiger partial charge on any atom is -0.495 e. The van der Waals surface area contributed by atoms with E-state index in [2.05, 4.69) is 15.6 Å². The van der Waals surface area contributed by atoms with Gasteiger partial charge in [0.2, 0.25) is 0 Å². The Bertz CT molecular complexity index is 1260. The van der Waals surface area contributed by atoms with Crippen molar-refractivity contribution in [2.75, 3.05) is 19.0 Å². The Balaban J connectivity index is 1.83. The summed E-state index contributed by atoms with van der Waals surface area (Å²) in [4.78, 5) is 15.9. The average molecular weight is 534 g/mol. The van der Waals surface area contributed by atoms with Crippen LogP contribution in [0.25, 0.3) is 22.2 Å². The molecule has 0 saturated carbocycles. The fourth-order valence-electron chi connectivity index (χ4n) is 3.45. The molecular weight excluding hydrogens is 500 g/mol. The molecule has 0 saturated heterocycles. The number of aromatic amines is 1. The van der Waals surface area contributed by atoms with Gasteiger partial charge < -0.3 is 29.8 Å². The van der Waals surface area contributed by atoms with E-state index in [-0.39, 0.29) is 11.7 Å². The Morgan fingerprint density at radius 2 is 1.70 bits per heavy atom. The lowest BCUT2D eigenvalue weighted by Crippen LogP contribution is -2.49. The molecule has 200 valence electrons. The predicted molar refractivity (Wildman–Crippen MR) is 145 cm³/mol. The van der Waals surface area contributed by atoms with Crippen molar-refractivity contribution >= 4 is 39.9 Å². The number of hydrogen-bond acceptors (Lipinski definition) is 5. The molecule has 3 rings (SSSR count). The summed E-state index contributed by atoms with van der Waals surface area (Å²) in [6.45, 7) is 11.1. The van der Waals surface area contributed by atoms with Crippen LogP contribution in [0.15, 0.2) is 36.4 Å². The van der Waals surface area contributed by atoms with Gasteiger partial charge in [-0.15, -0.1) is 0 Å². The van der Waals surface area contributed by atoms with E-state index < -0.39 is 34.8 Å². The monoisotopic (exact) mass is 533 g/mol. The number of anilines is 1. The van der Waals surface area contributed by atoms with Gasteiger partial charge in [0.1, 0.15) is 17.4 Å². The Morgan fingerprint density at radius 3 is 2.32 bits per heavy atom. The molecule has 0 fully saturated rings. The number of nitrogens with one attached hydrogen (secondary N) is 3. The van der Waals surface area contributed by atoms with Crippen LogP contribution < -0.4 is 15.4 Å². The van der Waals surface area contributed by atoms with Gasteiger partial charge in [0, 0.05) is 28.2 Å². The fourth-order valence-corrected chi connectivity index (χ4v) is 3.70. The molecule has 0 aliphatic carbocycles. The van der Waals surface area contributed by atoms with Gasteiger partial charge in [-0.05, 0) is 84.1 Å². The first-order chi connectivity index (χ1) is 17.1. The van der Waals surface area contributed by atoms with Crippen LogP contribution in [0, 0.1) is 11.6 Å². The minimum atomic E-state index is -0.926. The molecule has 0 amide bonds. The molecule has 1 aromatic heterocycles. The van der Waals surface area contributed by atoms with Gasteiger partial charge in [-0.3, -0.25) is 0 Å². The normalized spacial score (nSPS) is 12.8. The molecule has 0 aliphatic heterocycles. The number of H-pyrrole nitrogens is 1. The number of benzene rings is 2. The zero-order valence-corrected chi connectivity index (χ0v) is 22.9. The van der Waals surface area contributed by atoms with Crippen LogP contribution in [0.3, 0.4) is 0 Å². The summed E-state index contributed by atoms with van der Waals surface area (Å²) in [6.07, 6.45) is 0. The average Bonchev–Trinajstić information content (AvgIpc) is 3.17. The first-order valence-corrected chi connectivity index (χ1v) is 12.2. The van der Waals surface area contributed by atoms with Crippen molar-refractivity contribution in [1.82, 2.24) is 10.3 Å². The first kappa shape index (κ1) is 28.3. The van der Waals surface area contributed by atoms with Crippen molar-refractivity contribution in [3.63, 3.8) is 0 Å². The third kappa shape index (κ3) is 7.87. The molecule has 0 aliphatic rings. The molecule has 1 atom stereocenters. The maximum atomic E-state index is 13.7. The highest BCUT2D eigenvalue weighted by atomic mass is 32.1. The maximum Gasteiger partial charge on any atom is 0.331 e. The fraction of sp³-hybridized carbons (Fsp3) is 0.407. The zero-order chi connectivity index (χ0) is 27.5. The first-order valence-electron chi connectivity index (χ1n) is 11.8. The predicted octanol–water partition coefficient (Wildman–Crippen LogP) is 5.93. The minimum absolute atomic E-state index is 0.0413. The van der Waals surface area contributed by atoms with E-state index in [9.17, 15) is 13.6 Å². The quantitative estimate of drug-likeness (QED) is 0.256. The molecule has 37 heavy (non-hydrogen) atoms. The highest BCUT2D eigenvalue weighted by Crippen LogP contribution is 2.32. The number of halogens is 2. The summed E-state index contributed by atoms with van der Waals surface area (Å²) in [7, 11) is 1.52. The van der Waals surface area contributed by atoms with Gasteiger partial charge in [-0.1, -0.05) is 0 Å². The number of thiocarbonyl (C=S) groups is 1. The summed E-state index contributed by atoms with van der Waals surface area (Å²) < 4.78 is 44.1. The second-order valence-electron chi connectivity index (χ2n) is 10.6. The topological polar surface area (TPSA) is 84.6 Å². The van der Waals surface area contributed by atoms with Gasteiger partial charge >= 0.3 is 5.97 Å². The molecule has 3 aromatic rings. The largest absolute Gasteiger partial charge is 0.495 e. The molecular formula is C27H33F2N3O4S. The Morgan fingerprint density at radius 1 is 1.03 bits per heavy atom. The van der Waals surface area contributed by atoms with Crippen molar-refractivity contribution in [3.05, 3.63) is 48.0 Å². The summed E-state index contributed by atoms with van der Waals surface area (Å²) >= 11 is 5.50. The van der Waals surface area contributed by atoms with E-state index in [1.165, 1.54) is 7.11 Å². The Kier molecular flexibility index (Phi) is 8.44. The summed E-state index contributed by atoms with van der Waals surface area (Å²) in [5.74, 6) is -1.84. The maximum absolute atomic E-state index is 13.7.